The van der Waals surface area contributed by atoms with Crippen molar-refractivity contribution < 1.29 is 9.21 Å². The predicted octanol–water partition coefficient (Wildman–Crippen LogP) is 3.35. The topological polar surface area (TPSA) is 43.1 Å². The van der Waals surface area contributed by atoms with Gasteiger partial charge in [-0.2, -0.15) is 0 Å². The zero-order valence-electron chi connectivity index (χ0n) is 9.16. The average molecular weight is 238 g/mol. The molecule has 0 bridgehead atoms. The fourth-order valence-electron chi connectivity index (χ4n) is 1.57. The van der Waals surface area contributed by atoms with Gasteiger partial charge in [0.15, 0.2) is 11.5 Å². The summed E-state index contributed by atoms with van der Waals surface area (Å²) in [5.74, 6) is 0.889. The molecule has 1 heterocycles. The molecule has 0 aliphatic rings. The SMILES string of the molecule is CC(C)c1nc2cc(Cl)cc(CC=O)c2o1. The van der Waals surface area contributed by atoms with E-state index in [-0.39, 0.29) is 5.92 Å². The summed E-state index contributed by atoms with van der Waals surface area (Å²) in [5.41, 5.74) is 2.17. The van der Waals surface area contributed by atoms with Gasteiger partial charge in [0.25, 0.3) is 0 Å². The first-order valence-corrected chi connectivity index (χ1v) is 5.52. The number of hydrogen-bond acceptors (Lipinski definition) is 3. The summed E-state index contributed by atoms with van der Waals surface area (Å²) in [6, 6.07) is 3.49. The third-order valence-electron chi connectivity index (χ3n) is 2.35. The molecule has 1 aromatic heterocycles. The summed E-state index contributed by atoms with van der Waals surface area (Å²) in [5, 5.41) is 0.577. The highest BCUT2D eigenvalue weighted by molar-refractivity contribution is 6.31. The van der Waals surface area contributed by atoms with Crippen molar-refractivity contribution >= 4 is 29.0 Å². The van der Waals surface area contributed by atoms with Crippen molar-refractivity contribution in [2.45, 2.75) is 26.2 Å². The number of carbonyl (C=O) groups excluding carboxylic acids is 1. The number of fused-ring (bicyclic) bond motifs is 1. The van der Waals surface area contributed by atoms with E-state index in [0.717, 1.165) is 11.8 Å². The summed E-state index contributed by atoms with van der Waals surface area (Å²) in [6.07, 6.45) is 1.13. The molecule has 2 rings (SSSR count). The van der Waals surface area contributed by atoms with Crippen molar-refractivity contribution in [1.82, 2.24) is 4.98 Å². The Morgan fingerprint density at radius 1 is 1.50 bits per heavy atom. The molecule has 0 aliphatic carbocycles. The number of aromatic nitrogens is 1. The van der Waals surface area contributed by atoms with Gasteiger partial charge in [-0.05, 0) is 12.1 Å². The van der Waals surface area contributed by atoms with Crippen molar-refractivity contribution in [1.29, 1.82) is 0 Å². The van der Waals surface area contributed by atoms with Crippen molar-refractivity contribution in [2.75, 3.05) is 0 Å². The van der Waals surface area contributed by atoms with E-state index in [4.69, 9.17) is 16.0 Å². The highest BCUT2D eigenvalue weighted by Crippen LogP contribution is 2.27. The van der Waals surface area contributed by atoms with E-state index in [1.807, 2.05) is 13.8 Å². The van der Waals surface area contributed by atoms with Crippen LogP contribution in [0, 0.1) is 0 Å². The highest BCUT2D eigenvalue weighted by Gasteiger charge is 2.13. The molecule has 84 valence electrons. The molecule has 0 N–H and O–H groups in total. The molecule has 0 spiro atoms. The van der Waals surface area contributed by atoms with Crippen LogP contribution in [0.1, 0.15) is 31.2 Å². The number of carbonyl (C=O) groups is 1. The average Bonchev–Trinajstić information content (AvgIpc) is 2.61. The van der Waals surface area contributed by atoms with Gasteiger partial charge in [-0.3, -0.25) is 0 Å². The largest absolute Gasteiger partial charge is 0.440 e. The van der Waals surface area contributed by atoms with Crippen LogP contribution in [-0.4, -0.2) is 11.3 Å². The monoisotopic (exact) mass is 237 g/mol. The van der Waals surface area contributed by atoms with Crippen LogP contribution < -0.4 is 0 Å². The summed E-state index contributed by atoms with van der Waals surface area (Å²) in [6.45, 7) is 4.01. The number of hydrogen-bond donors (Lipinski definition) is 0. The van der Waals surface area contributed by atoms with Crippen LogP contribution >= 0.6 is 11.6 Å². The molecule has 3 nitrogen and oxygen atoms in total. The van der Waals surface area contributed by atoms with Crippen LogP contribution in [0.4, 0.5) is 0 Å². The maximum atomic E-state index is 10.6. The lowest BCUT2D eigenvalue weighted by molar-refractivity contribution is -0.107. The summed E-state index contributed by atoms with van der Waals surface area (Å²) in [7, 11) is 0. The minimum absolute atomic E-state index is 0.218. The molecule has 0 radical (unpaired) electrons. The lowest BCUT2D eigenvalue weighted by Gasteiger charge is -1.97. The van der Waals surface area contributed by atoms with E-state index in [9.17, 15) is 4.79 Å². The molecule has 16 heavy (non-hydrogen) atoms. The van der Waals surface area contributed by atoms with Crippen LogP contribution in [0.3, 0.4) is 0 Å². The fraction of sp³-hybridized carbons (Fsp3) is 0.333. The lowest BCUT2D eigenvalue weighted by atomic mass is 10.1. The Balaban J connectivity index is 2.64. The van der Waals surface area contributed by atoms with Gasteiger partial charge in [0.05, 0.1) is 0 Å². The molecule has 2 aromatic rings. The van der Waals surface area contributed by atoms with E-state index in [0.29, 0.717) is 28.4 Å². The van der Waals surface area contributed by atoms with Gasteiger partial charge in [-0.15, -0.1) is 0 Å². The summed E-state index contributed by atoms with van der Waals surface area (Å²) >= 11 is 5.95. The first-order valence-electron chi connectivity index (χ1n) is 5.14. The van der Waals surface area contributed by atoms with E-state index < -0.39 is 0 Å². The molecule has 1 aromatic carbocycles. The Hall–Kier alpha value is -1.35. The Morgan fingerprint density at radius 3 is 2.88 bits per heavy atom. The van der Waals surface area contributed by atoms with Crippen molar-refractivity contribution in [2.24, 2.45) is 0 Å². The molecular weight excluding hydrogens is 226 g/mol. The van der Waals surface area contributed by atoms with Gasteiger partial charge in [-0.1, -0.05) is 25.4 Å². The Labute approximate surface area is 98.4 Å². The molecule has 4 heteroatoms. The minimum atomic E-state index is 0.218. The molecule has 0 unspecified atom stereocenters. The Bertz CT molecular complexity index is 531. The maximum Gasteiger partial charge on any atom is 0.198 e. The van der Waals surface area contributed by atoms with Crippen LogP contribution in [0.2, 0.25) is 5.02 Å². The number of aldehydes is 1. The molecule has 0 aliphatic heterocycles. The standard InChI is InChI=1S/C12H12ClNO2/c1-7(2)12-14-10-6-9(13)5-8(3-4-15)11(10)16-12/h4-7H,3H2,1-2H3. The third-order valence-corrected chi connectivity index (χ3v) is 2.56. The number of rotatable bonds is 3. The number of benzene rings is 1. The van der Waals surface area contributed by atoms with Gasteiger partial charge in [0.1, 0.15) is 11.8 Å². The maximum absolute atomic E-state index is 10.6. The van der Waals surface area contributed by atoms with Crippen LogP contribution in [0.15, 0.2) is 16.5 Å². The third kappa shape index (κ3) is 1.95. The zero-order valence-corrected chi connectivity index (χ0v) is 9.91. The molecule has 0 saturated carbocycles. The second-order valence-corrected chi connectivity index (χ2v) is 4.43. The van der Waals surface area contributed by atoms with Crippen LogP contribution in [-0.2, 0) is 11.2 Å². The van der Waals surface area contributed by atoms with Crippen molar-refractivity contribution in [3.63, 3.8) is 0 Å². The zero-order chi connectivity index (χ0) is 11.7. The quantitative estimate of drug-likeness (QED) is 0.769. The number of oxazole rings is 1. The van der Waals surface area contributed by atoms with E-state index in [1.54, 1.807) is 12.1 Å². The second-order valence-electron chi connectivity index (χ2n) is 3.99. The lowest BCUT2D eigenvalue weighted by Crippen LogP contribution is -1.86. The first kappa shape index (κ1) is 11.1. The number of nitrogens with zero attached hydrogens (tertiary/aromatic N) is 1. The van der Waals surface area contributed by atoms with Gasteiger partial charge < -0.3 is 9.21 Å². The summed E-state index contributed by atoms with van der Waals surface area (Å²) < 4.78 is 5.64. The number of halogens is 1. The predicted molar refractivity (Wildman–Crippen MR) is 62.9 cm³/mol. The second kappa shape index (κ2) is 4.26. The van der Waals surface area contributed by atoms with E-state index in [2.05, 4.69) is 4.98 Å². The molecule has 0 amide bonds. The first-order chi connectivity index (χ1) is 7.61. The van der Waals surface area contributed by atoms with Gasteiger partial charge in [-0.25, -0.2) is 4.98 Å². The van der Waals surface area contributed by atoms with Crippen molar-refractivity contribution in [3.8, 4) is 0 Å². The summed E-state index contributed by atoms with van der Waals surface area (Å²) in [4.78, 5) is 14.9. The highest BCUT2D eigenvalue weighted by atomic mass is 35.5. The van der Waals surface area contributed by atoms with Crippen LogP contribution in [0.25, 0.3) is 11.1 Å². The van der Waals surface area contributed by atoms with Crippen LogP contribution in [0.5, 0.6) is 0 Å². The Kier molecular flexibility index (Phi) is 2.97. The van der Waals surface area contributed by atoms with Gasteiger partial charge in [0.2, 0.25) is 0 Å². The van der Waals surface area contributed by atoms with Gasteiger partial charge >= 0.3 is 0 Å². The van der Waals surface area contributed by atoms with Gasteiger partial charge in [0, 0.05) is 22.9 Å². The molecule has 0 saturated heterocycles. The van der Waals surface area contributed by atoms with E-state index >= 15 is 0 Å². The minimum Gasteiger partial charge on any atom is -0.440 e. The molecule has 0 fully saturated rings. The fourth-order valence-corrected chi connectivity index (χ4v) is 1.80. The van der Waals surface area contributed by atoms with E-state index in [1.165, 1.54) is 0 Å². The van der Waals surface area contributed by atoms with Crippen molar-refractivity contribution in [3.05, 3.63) is 28.6 Å². The smallest absolute Gasteiger partial charge is 0.198 e. The molecule has 0 atom stereocenters. The molecular formula is C12H12ClNO2. The Morgan fingerprint density at radius 2 is 2.25 bits per heavy atom. The normalized spacial score (nSPS) is 11.2.